The van der Waals surface area contributed by atoms with E-state index in [1.165, 1.54) is 0 Å². The quantitative estimate of drug-likeness (QED) is 0.516. The second kappa shape index (κ2) is 3.59. The van der Waals surface area contributed by atoms with Crippen molar-refractivity contribution in [1.29, 1.82) is 0 Å². The predicted molar refractivity (Wildman–Crippen MR) is 35.1 cm³/mol. The van der Waals surface area contributed by atoms with Gasteiger partial charge in [-0.25, -0.2) is 0 Å². The molecule has 42 valence electrons. The van der Waals surface area contributed by atoms with Crippen LogP contribution in [0.25, 0.3) is 0 Å². The number of alkyl halides is 2. The van der Waals surface area contributed by atoms with Crippen LogP contribution in [0.4, 0.5) is 0 Å². The zero-order valence-electron chi connectivity index (χ0n) is 3.79. The molecule has 3 heteroatoms. The summed E-state index contributed by atoms with van der Waals surface area (Å²) in [5, 5.41) is 0.475. The molecule has 0 unspecified atom stereocenters. The van der Waals surface area contributed by atoms with Gasteiger partial charge in [-0.05, 0) is 6.92 Å². The van der Waals surface area contributed by atoms with Gasteiger partial charge in [-0.1, -0.05) is 40.9 Å². The summed E-state index contributed by atoms with van der Waals surface area (Å²) in [4.78, 5) is -0.563. The third kappa shape index (κ3) is 3.22. The molecule has 0 aliphatic rings. The minimum Gasteiger partial charge on any atom is -0.0991 e. The molecule has 0 rings (SSSR count). The monoisotopic (exact) mass is 158 g/mol. The molecule has 0 heterocycles. The Bertz CT molecular complexity index is 75.0. The predicted octanol–water partition coefficient (Wildman–Crippen LogP) is 2.93. The van der Waals surface area contributed by atoms with Crippen LogP contribution in [0.1, 0.15) is 6.92 Å². The highest BCUT2D eigenvalue weighted by Gasteiger charge is 1.99. The van der Waals surface area contributed by atoms with Gasteiger partial charge in [0, 0.05) is 5.03 Å². The van der Waals surface area contributed by atoms with Crippen molar-refractivity contribution < 1.29 is 0 Å². The Morgan fingerprint density at radius 2 is 2.00 bits per heavy atom. The Morgan fingerprint density at radius 1 is 1.57 bits per heavy atom. The van der Waals surface area contributed by atoms with Crippen LogP contribution in [0.2, 0.25) is 0 Å². The van der Waals surface area contributed by atoms with Gasteiger partial charge in [0.25, 0.3) is 0 Å². The van der Waals surface area contributed by atoms with E-state index in [2.05, 4.69) is 0 Å². The van der Waals surface area contributed by atoms with Gasteiger partial charge in [-0.2, -0.15) is 0 Å². The lowest BCUT2D eigenvalue weighted by Gasteiger charge is -1.92. The lowest BCUT2D eigenvalue weighted by Crippen LogP contribution is -1.82. The molecule has 0 N–H and O–H groups in total. The number of allylic oxidation sites excluding steroid dienone is 2. The normalized spacial score (nSPS) is 13.0. The second-order valence-electron chi connectivity index (χ2n) is 0.974. The minimum atomic E-state index is -0.563. The van der Waals surface area contributed by atoms with Crippen LogP contribution in [-0.2, 0) is 0 Å². The number of hydrogen-bond acceptors (Lipinski definition) is 0. The summed E-state index contributed by atoms with van der Waals surface area (Å²) < 4.78 is 0. The zero-order chi connectivity index (χ0) is 5.86. The van der Waals surface area contributed by atoms with Crippen LogP contribution < -0.4 is 0 Å². The molecule has 7 heavy (non-hydrogen) atoms. The molecule has 0 radical (unpaired) electrons. The Morgan fingerprint density at radius 3 is 2.00 bits per heavy atom. The summed E-state index contributed by atoms with van der Waals surface area (Å²) in [6.45, 7) is 1.78. The molecule has 0 spiro atoms. The van der Waals surface area contributed by atoms with Crippen molar-refractivity contribution >= 4 is 34.8 Å². The smallest absolute Gasteiger partial charge is 0.0991 e. The molecule has 0 aliphatic heterocycles. The fourth-order valence-corrected chi connectivity index (χ4v) is 0.378. The fourth-order valence-electron chi connectivity index (χ4n) is 0.126. The fraction of sp³-hybridized carbons (Fsp3) is 0.500. The van der Waals surface area contributed by atoms with Crippen molar-refractivity contribution in [1.82, 2.24) is 0 Å². The van der Waals surface area contributed by atoms with Crippen molar-refractivity contribution in [2.45, 2.75) is 11.8 Å². The molecule has 0 aromatic heterocycles. The van der Waals surface area contributed by atoms with E-state index >= 15 is 0 Å². The van der Waals surface area contributed by atoms with Gasteiger partial charge >= 0.3 is 0 Å². The van der Waals surface area contributed by atoms with E-state index in [0.29, 0.717) is 5.03 Å². The Balaban J connectivity index is 3.56. The average Bonchev–Trinajstić information content (AvgIpc) is 1.65. The third-order valence-electron chi connectivity index (χ3n) is 0.484. The van der Waals surface area contributed by atoms with E-state index in [0.717, 1.165) is 0 Å². The van der Waals surface area contributed by atoms with Gasteiger partial charge in [0.15, 0.2) is 0 Å². The van der Waals surface area contributed by atoms with Gasteiger partial charge in [0.2, 0.25) is 0 Å². The van der Waals surface area contributed by atoms with Gasteiger partial charge in [-0.15, -0.1) is 0 Å². The highest BCUT2D eigenvalue weighted by Crippen LogP contribution is 2.16. The molecule has 0 aliphatic carbocycles. The summed E-state index contributed by atoms with van der Waals surface area (Å²) >= 11 is 16.0. The Kier molecular flexibility index (Phi) is 3.91. The molecule has 0 saturated carbocycles. The SMILES string of the molecule is C/C=C(/Cl)C(Cl)Cl. The number of hydrogen-bond donors (Lipinski definition) is 0. The van der Waals surface area contributed by atoms with Gasteiger partial charge < -0.3 is 0 Å². The van der Waals surface area contributed by atoms with E-state index in [-0.39, 0.29) is 0 Å². The van der Waals surface area contributed by atoms with Crippen LogP contribution in [-0.4, -0.2) is 4.84 Å². The maximum absolute atomic E-state index is 5.40. The van der Waals surface area contributed by atoms with E-state index in [9.17, 15) is 0 Å². The largest absolute Gasteiger partial charge is 0.142 e. The van der Waals surface area contributed by atoms with E-state index < -0.39 is 4.84 Å². The van der Waals surface area contributed by atoms with E-state index in [4.69, 9.17) is 34.8 Å². The lowest BCUT2D eigenvalue weighted by atomic mass is 10.6. The minimum absolute atomic E-state index is 0.475. The van der Waals surface area contributed by atoms with Crippen LogP contribution in [0.15, 0.2) is 11.1 Å². The third-order valence-corrected chi connectivity index (χ3v) is 1.61. The van der Waals surface area contributed by atoms with Gasteiger partial charge in [-0.3, -0.25) is 0 Å². The molecular formula is C4H5Cl3. The maximum atomic E-state index is 5.40. The molecule has 0 aromatic carbocycles. The summed E-state index contributed by atoms with van der Waals surface area (Å²) in [6, 6.07) is 0. The molecular weight excluding hydrogens is 154 g/mol. The molecule has 0 amide bonds. The second-order valence-corrected chi connectivity index (χ2v) is 2.51. The topological polar surface area (TPSA) is 0 Å². The molecule has 0 atom stereocenters. The van der Waals surface area contributed by atoms with E-state index in [1.54, 1.807) is 13.0 Å². The Hall–Kier alpha value is 0.610. The van der Waals surface area contributed by atoms with Crippen LogP contribution in [0.3, 0.4) is 0 Å². The first kappa shape index (κ1) is 7.61. The molecule has 0 nitrogen and oxygen atoms in total. The van der Waals surface area contributed by atoms with Crippen molar-refractivity contribution in [3.8, 4) is 0 Å². The van der Waals surface area contributed by atoms with Gasteiger partial charge in [0.1, 0.15) is 4.84 Å². The van der Waals surface area contributed by atoms with Crippen molar-refractivity contribution in [2.24, 2.45) is 0 Å². The van der Waals surface area contributed by atoms with Crippen LogP contribution in [0.5, 0.6) is 0 Å². The van der Waals surface area contributed by atoms with Crippen molar-refractivity contribution in [3.63, 3.8) is 0 Å². The summed E-state index contributed by atoms with van der Waals surface area (Å²) in [6.07, 6.45) is 1.66. The number of halogens is 3. The molecule has 0 bridgehead atoms. The standard InChI is InChI=1S/C4H5Cl3/c1-2-3(5)4(6)7/h2,4H,1H3/b3-2+. The molecule has 0 saturated heterocycles. The summed E-state index contributed by atoms with van der Waals surface area (Å²) in [5.74, 6) is 0. The molecule has 0 aromatic rings. The highest BCUT2D eigenvalue weighted by molar-refractivity contribution is 6.52. The molecule has 0 fully saturated rings. The summed E-state index contributed by atoms with van der Waals surface area (Å²) in [7, 11) is 0. The number of rotatable bonds is 1. The zero-order valence-corrected chi connectivity index (χ0v) is 6.06. The van der Waals surface area contributed by atoms with E-state index in [1.807, 2.05) is 0 Å². The Labute approximate surface area is 58.1 Å². The first-order valence-electron chi connectivity index (χ1n) is 1.78. The highest BCUT2D eigenvalue weighted by atomic mass is 35.5. The first-order chi connectivity index (χ1) is 3.18. The summed E-state index contributed by atoms with van der Waals surface area (Å²) in [5.41, 5.74) is 0. The van der Waals surface area contributed by atoms with Crippen LogP contribution in [0, 0.1) is 0 Å². The van der Waals surface area contributed by atoms with Crippen LogP contribution >= 0.6 is 34.8 Å². The van der Waals surface area contributed by atoms with Crippen molar-refractivity contribution in [3.05, 3.63) is 11.1 Å². The van der Waals surface area contributed by atoms with Gasteiger partial charge in [0.05, 0.1) is 0 Å². The van der Waals surface area contributed by atoms with Crippen molar-refractivity contribution in [2.75, 3.05) is 0 Å². The first-order valence-corrected chi connectivity index (χ1v) is 3.03. The average molecular weight is 159 g/mol. The lowest BCUT2D eigenvalue weighted by molar-refractivity contribution is 1.50. The maximum Gasteiger partial charge on any atom is 0.142 e.